The highest BCUT2D eigenvalue weighted by molar-refractivity contribution is 5.84. The number of fused-ring (bicyclic) bond motifs is 3. The number of carbonyl (C=O) groups is 1. The summed E-state index contributed by atoms with van der Waals surface area (Å²) in [6.45, 7) is 2.90. The van der Waals surface area contributed by atoms with Crippen LogP contribution in [-0.2, 0) is 22.5 Å². The average molecular weight is 450 g/mol. The van der Waals surface area contributed by atoms with Crippen LogP contribution in [0.4, 0.5) is 0 Å². The molecule has 4 rings (SSSR count). The Morgan fingerprint density at radius 3 is 2.61 bits per heavy atom. The summed E-state index contributed by atoms with van der Waals surface area (Å²) < 4.78 is 17.6. The normalized spacial score (nSPS) is 11.2. The minimum atomic E-state index is -0.104. The maximum Gasteiger partial charge on any atom is 0.248 e. The van der Waals surface area contributed by atoms with Crippen molar-refractivity contribution in [2.45, 2.75) is 19.9 Å². The van der Waals surface area contributed by atoms with Gasteiger partial charge in [0.1, 0.15) is 6.61 Å². The summed E-state index contributed by atoms with van der Waals surface area (Å²) in [5, 5.41) is 13.2. The number of methoxy groups -OCH3 is 3. The third-order valence-electron chi connectivity index (χ3n) is 5.60. The van der Waals surface area contributed by atoms with E-state index in [9.17, 15) is 4.79 Å². The molecule has 0 bridgehead atoms. The number of benzene rings is 2. The minimum Gasteiger partial charge on any atom is -0.493 e. The smallest absolute Gasteiger partial charge is 0.248 e. The molecule has 0 N–H and O–H groups in total. The average Bonchev–Trinajstić information content (AvgIpc) is 3.31. The number of rotatable bonds is 9. The quantitative estimate of drug-likeness (QED) is 0.388. The van der Waals surface area contributed by atoms with Gasteiger partial charge in [-0.3, -0.25) is 4.79 Å². The summed E-state index contributed by atoms with van der Waals surface area (Å²) in [7, 11) is 4.73. The van der Waals surface area contributed by atoms with E-state index in [1.54, 1.807) is 23.6 Å². The number of aromatic nitrogens is 4. The fourth-order valence-electron chi connectivity index (χ4n) is 3.91. The first-order chi connectivity index (χ1) is 16.0. The highest BCUT2D eigenvalue weighted by Gasteiger charge is 2.18. The van der Waals surface area contributed by atoms with E-state index in [4.69, 9.17) is 14.2 Å². The Labute approximate surface area is 191 Å². The highest BCUT2D eigenvalue weighted by Crippen LogP contribution is 2.28. The summed E-state index contributed by atoms with van der Waals surface area (Å²) in [5.41, 5.74) is 4.60. The first-order valence-corrected chi connectivity index (χ1v) is 10.6. The van der Waals surface area contributed by atoms with Crippen molar-refractivity contribution in [3.05, 3.63) is 59.2 Å². The first kappa shape index (κ1) is 22.5. The van der Waals surface area contributed by atoms with Crippen LogP contribution in [0.1, 0.15) is 16.7 Å². The van der Waals surface area contributed by atoms with E-state index in [0.717, 1.165) is 27.6 Å². The zero-order valence-electron chi connectivity index (χ0n) is 19.2. The van der Waals surface area contributed by atoms with Crippen molar-refractivity contribution in [1.82, 2.24) is 24.9 Å². The first-order valence-electron chi connectivity index (χ1n) is 10.6. The van der Waals surface area contributed by atoms with E-state index >= 15 is 0 Å². The fourth-order valence-corrected chi connectivity index (χ4v) is 3.91. The van der Waals surface area contributed by atoms with Gasteiger partial charge in [-0.1, -0.05) is 17.7 Å². The lowest BCUT2D eigenvalue weighted by Gasteiger charge is -2.23. The molecule has 0 radical (unpaired) electrons. The lowest BCUT2D eigenvalue weighted by atomic mass is 10.1. The summed E-state index contributed by atoms with van der Waals surface area (Å²) >= 11 is 0. The topological polar surface area (TPSA) is 91.1 Å². The van der Waals surface area contributed by atoms with Crippen molar-refractivity contribution >= 4 is 22.5 Å². The van der Waals surface area contributed by atoms with Crippen molar-refractivity contribution in [2.75, 3.05) is 34.5 Å². The van der Waals surface area contributed by atoms with Crippen LogP contribution in [0.15, 0.2) is 42.5 Å². The predicted octanol–water partition coefficient (Wildman–Crippen LogP) is 2.82. The van der Waals surface area contributed by atoms with Gasteiger partial charge in [-0.05, 0) is 59.7 Å². The van der Waals surface area contributed by atoms with Gasteiger partial charge in [-0.15, -0.1) is 5.10 Å². The van der Waals surface area contributed by atoms with Crippen molar-refractivity contribution in [1.29, 1.82) is 0 Å². The molecule has 0 atom stereocenters. The Bertz CT molecular complexity index is 1290. The number of hydrogen-bond donors (Lipinski definition) is 0. The van der Waals surface area contributed by atoms with E-state index in [1.165, 1.54) is 7.11 Å². The van der Waals surface area contributed by atoms with Crippen LogP contribution in [0.3, 0.4) is 0 Å². The molecule has 0 aliphatic rings. The molecule has 0 aliphatic carbocycles. The number of amides is 1. The molecule has 0 saturated heterocycles. The van der Waals surface area contributed by atoms with Crippen LogP contribution in [0.5, 0.6) is 11.5 Å². The molecule has 172 valence electrons. The number of carbonyl (C=O) groups excluding carboxylic acids is 1. The van der Waals surface area contributed by atoms with E-state index in [1.807, 2.05) is 37.3 Å². The molecule has 0 saturated carbocycles. The van der Waals surface area contributed by atoms with E-state index in [0.29, 0.717) is 36.7 Å². The molecular formula is C24H27N5O4. The van der Waals surface area contributed by atoms with Crippen molar-refractivity contribution in [3.8, 4) is 11.5 Å². The Morgan fingerprint density at radius 2 is 1.85 bits per heavy atom. The van der Waals surface area contributed by atoms with Crippen LogP contribution in [0, 0.1) is 6.92 Å². The van der Waals surface area contributed by atoms with Crippen LogP contribution in [-0.4, -0.2) is 65.3 Å². The van der Waals surface area contributed by atoms with Crippen LogP contribution in [0.2, 0.25) is 0 Å². The third kappa shape index (κ3) is 4.73. The van der Waals surface area contributed by atoms with Gasteiger partial charge in [0.2, 0.25) is 5.91 Å². The number of hydrogen-bond acceptors (Lipinski definition) is 7. The largest absolute Gasteiger partial charge is 0.493 e. The number of nitrogens with zero attached hydrogens (tertiary/aromatic N) is 5. The second-order valence-electron chi connectivity index (χ2n) is 7.83. The number of aryl methyl sites for hydroxylation is 1. The number of tetrazole rings is 1. The lowest BCUT2D eigenvalue weighted by Crippen LogP contribution is -2.35. The van der Waals surface area contributed by atoms with Gasteiger partial charge in [0, 0.05) is 31.1 Å². The number of ether oxygens (including phenoxy) is 3. The molecule has 2 aromatic carbocycles. The molecule has 9 nitrogen and oxygen atoms in total. The predicted molar refractivity (Wildman–Crippen MR) is 124 cm³/mol. The molecule has 0 spiro atoms. The van der Waals surface area contributed by atoms with Gasteiger partial charge >= 0.3 is 0 Å². The molecule has 2 heterocycles. The van der Waals surface area contributed by atoms with Crippen molar-refractivity contribution in [3.63, 3.8) is 0 Å². The lowest BCUT2D eigenvalue weighted by molar-refractivity contribution is -0.135. The van der Waals surface area contributed by atoms with E-state index < -0.39 is 0 Å². The molecule has 0 aliphatic heterocycles. The minimum absolute atomic E-state index is 0.000150. The summed E-state index contributed by atoms with van der Waals surface area (Å²) in [4.78, 5) is 14.7. The molecule has 2 aromatic heterocycles. The van der Waals surface area contributed by atoms with Gasteiger partial charge in [-0.25, -0.2) is 0 Å². The van der Waals surface area contributed by atoms with E-state index in [2.05, 4.69) is 27.7 Å². The molecule has 0 unspecified atom stereocenters. The summed E-state index contributed by atoms with van der Waals surface area (Å²) in [6, 6.07) is 13.9. The molecule has 4 aromatic rings. The fraction of sp³-hybridized carbons (Fsp3) is 0.333. The van der Waals surface area contributed by atoms with Gasteiger partial charge < -0.3 is 19.1 Å². The zero-order valence-corrected chi connectivity index (χ0v) is 19.2. The second kappa shape index (κ2) is 9.83. The summed E-state index contributed by atoms with van der Waals surface area (Å²) in [5.74, 6) is 1.22. The maximum atomic E-state index is 12.9. The highest BCUT2D eigenvalue weighted by atomic mass is 16.5. The number of pyridine rings is 1. The van der Waals surface area contributed by atoms with Crippen LogP contribution >= 0.6 is 0 Å². The van der Waals surface area contributed by atoms with Crippen LogP contribution < -0.4 is 9.47 Å². The molecule has 33 heavy (non-hydrogen) atoms. The van der Waals surface area contributed by atoms with Gasteiger partial charge in [0.15, 0.2) is 17.1 Å². The van der Waals surface area contributed by atoms with Gasteiger partial charge in [0.25, 0.3) is 0 Å². The van der Waals surface area contributed by atoms with E-state index in [-0.39, 0.29) is 12.5 Å². The molecule has 0 fully saturated rings. The van der Waals surface area contributed by atoms with Crippen LogP contribution in [0.25, 0.3) is 16.6 Å². The van der Waals surface area contributed by atoms with Gasteiger partial charge in [-0.2, -0.15) is 4.52 Å². The standard InChI is InChI=1S/C24H27N5O4/c1-16-5-7-20-18(11-16)13-19(24-25-26-27-29(20)24)14-28(23(30)15-31-2)10-9-17-6-8-21(32-3)22(12-17)33-4/h5-8,11-13H,9-10,14-15H2,1-4H3. The Morgan fingerprint density at radius 1 is 1.03 bits per heavy atom. The molecule has 9 heteroatoms. The Kier molecular flexibility index (Phi) is 6.69. The van der Waals surface area contributed by atoms with Crippen molar-refractivity contribution in [2.24, 2.45) is 0 Å². The monoisotopic (exact) mass is 449 g/mol. The van der Waals surface area contributed by atoms with Crippen molar-refractivity contribution < 1.29 is 19.0 Å². The molecular weight excluding hydrogens is 422 g/mol. The second-order valence-corrected chi connectivity index (χ2v) is 7.83. The Hall–Kier alpha value is -3.72. The summed E-state index contributed by atoms with van der Waals surface area (Å²) in [6.07, 6.45) is 0.643. The van der Waals surface area contributed by atoms with Gasteiger partial charge in [0.05, 0.1) is 19.7 Å². The third-order valence-corrected chi connectivity index (χ3v) is 5.60. The molecule has 1 amide bonds. The Balaban J connectivity index is 1.63. The zero-order chi connectivity index (χ0) is 23.4. The SMILES string of the molecule is COCC(=O)N(CCc1ccc(OC)c(OC)c1)Cc1cc2cc(C)ccc2n2nnnc12. The maximum absolute atomic E-state index is 12.9.